The number of amides is 3. The van der Waals surface area contributed by atoms with E-state index in [1.54, 1.807) is 16.8 Å². The Kier molecular flexibility index (Phi) is 3.84. The van der Waals surface area contributed by atoms with Crippen molar-refractivity contribution in [2.45, 2.75) is 43.7 Å². The fourth-order valence-corrected chi connectivity index (χ4v) is 3.48. The number of nitrogens with one attached hydrogen (secondary N) is 1. The van der Waals surface area contributed by atoms with E-state index in [1.807, 2.05) is 0 Å². The van der Waals surface area contributed by atoms with Gasteiger partial charge in [0.25, 0.3) is 0 Å². The molecular formula is C15H23N3O4. The summed E-state index contributed by atoms with van der Waals surface area (Å²) in [5.74, 6) is -0.426. The molecule has 3 aliphatic rings. The predicted octanol–water partition coefficient (Wildman–Crippen LogP) is -0.903. The topological polar surface area (TPSA) is 90.0 Å². The number of carbonyl (C=O) groups is 3. The molecule has 2 saturated heterocycles. The summed E-state index contributed by atoms with van der Waals surface area (Å²) in [5, 5.41) is 12.6. The fourth-order valence-electron chi connectivity index (χ4n) is 3.48. The van der Waals surface area contributed by atoms with E-state index in [0.29, 0.717) is 32.5 Å². The van der Waals surface area contributed by atoms with E-state index in [0.717, 1.165) is 6.42 Å². The van der Waals surface area contributed by atoms with Crippen LogP contribution in [0.25, 0.3) is 0 Å². The van der Waals surface area contributed by atoms with Crippen LogP contribution in [0.2, 0.25) is 0 Å². The van der Waals surface area contributed by atoms with Crippen molar-refractivity contribution in [1.82, 2.24) is 15.1 Å². The zero-order valence-corrected chi connectivity index (χ0v) is 12.9. The Labute approximate surface area is 129 Å². The lowest BCUT2D eigenvalue weighted by Crippen LogP contribution is -2.62. The lowest BCUT2D eigenvalue weighted by molar-refractivity contribution is -0.151. The van der Waals surface area contributed by atoms with Gasteiger partial charge in [0.15, 0.2) is 0 Å². The number of aliphatic hydroxyl groups is 1. The minimum absolute atomic E-state index is 0.0108. The molecule has 7 heteroatoms. The quantitative estimate of drug-likeness (QED) is 0.704. The zero-order chi connectivity index (χ0) is 15.9. The first kappa shape index (κ1) is 15.3. The molecule has 3 rings (SSSR count). The molecule has 0 aromatic heterocycles. The second-order valence-corrected chi connectivity index (χ2v) is 6.77. The summed E-state index contributed by atoms with van der Waals surface area (Å²) in [6.07, 6.45) is 2.83. The fraction of sp³-hybridized carbons (Fsp3) is 0.800. The molecule has 0 aromatic rings. The van der Waals surface area contributed by atoms with Crippen molar-refractivity contribution in [3.05, 3.63) is 0 Å². The molecule has 0 radical (unpaired) electrons. The molecule has 3 amide bonds. The Morgan fingerprint density at radius 1 is 1.32 bits per heavy atom. The molecular weight excluding hydrogens is 286 g/mol. The van der Waals surface area contributed by atoms with Gasteiger partial charge in [-0.15, -0.1) is 0 Å². The van der Waals surface area contributed by atoms with Crippen LogP contribution in [0.5, 0.6) is 0 Å². The van der Waals surface area contributed by atoms with Crippen LogP contribution in [-0.4, -0.2) is 71.0 Å². The first-order valence-corrected chi connectivity index (χ1v) is 7.93. The van der Waals surface area contributed by atoms with Crippen LogP contribution >= 0.6 is 0 Å². The van der Waals surface area contributed by atoms with Crippen LogP contribution < -0.4 is 5.32 Å². The van der Waals surface area contributed by atoms with Gasteiger partial charge in [-0.25, -0.2) is 0 Å². The molecule has 3 fully saturated rings. The van der Waals surface area contributed by atoms with Crippen molar-refractivity contribution >= 4 is 17.7 Å². The second kappa shape index (κ2) is 5.53. The molecule has 2 N–H and O–H groups in total. The molecule has 2 heterocycles. The highest BCUT2D eigenvalue weighted by Gasteiger charge is 2.45. The van der Waals surface area contributed by atoms with Crippen molar-refractivity contribution in [2.24, 2.45) is 5.92 Å². The minimum atomic E-state index is -0.796. The van der Waals surface area contributed by atoms with Crippen LogP contribution in [0.4, 0.5) is 0 Å². The molecule has 0 aromatic carbocycles. The van der Waals surface area contributed by atoms with Gasteiger partial charge in [-0.1, -0.05) is 0 Å². The van der Waals surface area contributed by atoms with Crippen molar-refractivity contribution in [2.75, 3.05) is 26.7 Å². The molecule has 7 nitrogen and oxygen atoms in total. The van der Waals surface area contributed by atoms with Crippen LogP contribution in [0.15, 0.2) is 0 Å². The van der Waals surface area contributed by atoms with E-state index in [-0.39, 0.29) is 42.5 Å². The monoisotopic (exact) mass is 309 g/mol. The van der Waals surface area contributed by atoms with Gasteiger partial charge >= 0.3 is 0 Å². The van der Waals surface area contributed by atoms with Crippen molar-refractivity contribution in [3.63, 3.8) is 0 Å². The van der Waals surface area contributed by atoms with Gasteiger partial charge in [0.1, 0.15) is 0 Å². The third-order valence-corrected chi connectivity index (χ3v) is 5.20. The Bertz CT molecular complexity index is 497. The van der Waals surface area contributed by atoms with E-state index in [4.69, 9.17) is 0 Å². The standard InChI is InChI=1S/C15H23N3O4/c1-16-14(21)10-5-12(19)18(7-10)11-8-17(9-11)13(20)6-15(22)3-2-4-15/h10-11,22H,2-9H2,1H3,(H,16,21). The average molecular weight is 309 g/mol. The first-order valence-electron chi connectivity index (χ1n) is 7.93. The van der Waals surface area contributed by atoms with Gasteiger partial charge in [0, 0.05) is 33.1 Å². The highest BCUT2D eigenvalue weighted by molar-refractivity contribution is 5.89. The van der Waals surface area contributed by atoms with Crippen LogP contribution in [0.3, 0.4) is 0 Å². The lowest BCUT2D eigenvalue weighted by Gasteiger charge is -2.46. The molecule has 122 valence electrons. The Hall–Kier alpha value is -1.63. The van der Waals surface area contributed by atoms with Crippen LogP contribution in [0.1, 0.15) is 32.1 Å². The first-order chi connectivity index (χ1) is 10.4. The van der Waals surface area contributed by atoms with E-state index < -0.39 is 5.60 Å². The Morgan fingerprint density at radius 2 is 2.00 bits per heavy atom. The Morgan fingerprint density at radius 3 is 2.55 bits per heavy atom. The number of rotatable bonds is 4. The van der Waals surface area contributed by atoms with Crippen LogP contribution in [0, 0.1) is 5.92 Å². The number of nitrogens with zero attached hydrogens (tertiary/aromatic N) is 2. The van der Waals surface area contributed by atoms with Crippen molar-refractivity contribution < 1.29 is 19.5 Å². The summed E-state index contributed by atoms with van der Waals surface area (Å²) in [4.78, 5) is 39.1. The van der Waals surface area contributed by atoms with Crippen LogP contribution in [-0.2, 0) is 14.4 Å². The molecule has 2 aliphatic heterocycles. The van der Waals surface area contributed by atoms with Gasteiger partial charge in [0.05, 0.1) is 24.0 Å². The van der Waals surface area contributed by atoms with Gasteiger partial charge in [0.2, 0.25) is 17.7 Å². The van der Waals surface area contributed by atoms with Crippen molar-refractivity contribution in [3.8, 4) is 0 Å². The van der Waals surface area contributed by atoms with Gasteiger partial charge < -0.3 is 20.2 Å². The van der Waals surface area contributed by atoms with E-state index in [9.17, 15) is 19.5 Å². The normalized spacial score (nSPS) is 27.4. The summed E-state index contributed by atoms with van der Waals surface area (Å²) in [5.41, 5.74) is -0.796. The Balaban J connectivity index is 1.48. The number of hydrogen-bond donors (Lipinski definition) is 2. The predicted molar refractivity (Wildman–Crippen MR) is 77.7 cm³/mol. The summed E-state index contributed by atoms with van der Waals surface area (Å²) in [6.45, 7) is 1.47. The number of carbonyl (C=O) groups excluding carboxylic acids is 3. The number of hydrogen-bond acceptors (Lipinski definition) is 4. The minimum Gasteiger partial charge on any atom is -0.389 e. The largest absolute Gasteiger partial charge is 0.389 e. The summed E-state index contributed by atoms with van der Waals surface area (Å²) < 4.78 is 0. The smallest absolute Gasteiger partial charge is 0.225 e. The van der Waals surface area contributed by atoms with Crippen molar-refractivity contribution in [1.29, 1.82) is 0 Å². The van der Waals surface area contributed by atoms with Gasteiger partial charge in [-0.2, -0.15) is 0 Å². The molecule has 1 unspecified atom stereocenters. The van der Waals surface area contributed by atoms with E-state index in [1.165, 1.54) is 0 Å². The molecule has 1 atom stereocenters. The second-order valence-electron chi connectivity index (χ2n) is 6.77. The third kappa shape index (κ3) is 2.69. The molecule has 0 bridgehead atoms. The summed E-state index contributed by atoms with van der Waals surface area (Å²) in [7, 11) is 1.57. The molecule has 0 spiro atoms. The summed E-state index contributed by atoms with van der Waals surface area (Å²) in [6, 6.07) is 0.0159. The SMILES string of the molecule is CNC(=O)C1CC(=O)N(C2CN(C(=O)CC3(O)CCC3)C2)C1. The molecule has 1 aliphatic carbocycles. The highest BCUT2D eigenvalue weighted by atomic mass is 16.3. The zero-order valence-electron chi connectivity index (χ0n) is 12.9. The maximum Gasteiger partial charge on any atom is 0.225 e. The third-order valence-electron chi connectivity index (χ3n) is 5.20. The lowest BCUT2D eigenvalue weighted by atomic mass is 9.77. The van der Waals surface area contributed by atoms with E-state index >= 15 is 0 Å². The molecule has 22 heavy (non-hydrogen) atoms. The molecule has 1 saturated carbocycles. The van der Waals surface area contributed by atoms with E-state index in [2.05, 4.69) is 5.32 Å². The highest BCUT2D eigenvalue weighted by Crippen LogP contribution is 2.36. The maximum atomic E-state index is 12.1. The number of likely N-dealkylation sites (tertiary alicyclic amines) is 2. The summed E-state index contributed by atoms with van der Waals surface area (Å²) >= 11 is 0. The average Bonchev–Trinajstić information content (AvgIpc) is 2.76. The van der Waals surface area contributed by atoms with Gasteiger partial charge in [-0.3, -0.25) is 14.4 Å². The van der Waals surface area contributed by atoms with Gasteiger partial charge in [-0.05, 0) is 19.3 Å². The maximum absolute atomic E-state index is 12.1.